The fourth-order valence-electron chi connectivity index (χ4n) is 1.79. The van der Waals surface area contributed by atoms with Gasteiger partial charge in [-0.3, -0.25) is 0 Å². The molecular formula is C15H11ClFNO. The van der Waals surface area contributed by atoms with Crippen LogP contribution in [0.1, 0.15) is 22.8 Å². The maximum atomic E-state index is 12.9. The molecule has 1 unspecified atom stereocenters. The van der Waals surface area contributed by atoms with Crippen LogP contribution in [0.2, 0.25) is 5.02 Å². The molecule has 2 rings (SSSR count). The van der Waals surface area contributed by atoms with E-state index in [1.165, 1.54) is 12.1 Å². The van der Waals surface area contributed by atoms with Gasteiger partial charge in [0.25, 0.3) is 0 Å². The van der Waals surface area contributed by atoms with Crippen LogP contribution in [0.15, 0.2) is 42.5 Å². The monoisotopic (exact) mass is 275 g/mol. The second-order valence-corrected chi connectivity index (χ2v) is 4.60. The summed E-state index contributed by atoms with van der Waals surface area (Å²) in [6.07, 6.45) is -0.443. The molecule has 0 aliphatic rings. The summed E-state index contributed by atoms with van der Waals surface area (Å²) >= 11 is 5.91. The summed E-state index contributed by atoms with van der Waals surface area (Å²) < 4.78 is 12.9. The largest absolute Gasteiger partial charge is 0.388 e. The number of nitrogens with zero attached hydrogens (tertiary/aromatic N) is 1. The Bertz CT molecular complexity index is 619. The molecule has 19 heavy (non-hydrogen) atoms. The fourth-order valence-corrected chi connectivity index (χ4v) is 2.04. The van der Waals surface area contributed by atoms with E-state index in [-0.39, 0.29) is 0 Å². The summed E-state index contributed by atoms with van der Waals surface area (Å²) in [5, 5.41) is 19.1. The van der Waals surface area contributed by atoms with E-state index in [9.17, 15) is 9.50 Å². The SMILES string of the molecule is N#Cc1ccc(C(O)Cc2ccc(F)cc2Cl)cc1. The van der Waals surface area contributed by atoms with Gasteiger partial charge in [0.1, 0.15) is 5.82 Å². The van der Waals surface area contributed by atoms with Crippen molar-refractivity contribution in [3.8, 4) is 6.07 Å². The average molecular weight is 276 g/mol. The van der Waals surface area contributed by atoms with Gasteiger partial charge in [0.2, 0.25) is 0 Å². The van der Waals surface area contributed by atoms with Crippen molar-refractivity contribution in [1.29, 1.82) is 5.26 Å². The summed E-state index contributed by atoms with van der Waals surface area (Å²) in [5.74, 6) is -0.401. The third-order valence-corrected chi connectivity index (χ3v) is 3.20. The lowest BCUT2D eigenvalue weighted by molar-refractivity contribution is 0.178. The van der Waals surface area contributed by atoms with E-state index in [4.69, 9.17) is 16.9 Å². The van der Waals surface area contributed by atoms with Gasteiger partial charge in [-0.2, -0.15) is 5.26 Å². The Kier molecular flexibility index (Phi) is 4.16. The molecule has 4 heteroatoms. The summed E-state index contributed by atoms with van der Waals surface area (Å²) in [6, 6.07) is 12.8. The van der Waals surface area contributed by atoms with Crippen LogP contribution in [0.5, 0.6) is 0 Å². The molecule has 1 atom stereocenters. The first kappa shape index (κ1) is 13.5. The average Bonchev–Trinajstić information content (AvgIpc) is 2.42. The van der Waals surface area contributed by atoms with Crippen molar-refractivity contribution in [3.05, 3.63) is 70.0 Å². The van der Waals surface area contributed by atoms with Crippen molar-refractivity contribution in [2.45, 2.75) is 12.5 Å². The highest BCUT2D eigenvalue weighted by Gasteiger charge is 2.11. The lowest BCUT2D eigenvalue weighted by atomic mass is 10.0. The van der Waals surface area contributed by atoms with E-state index in [2.05, 4.69) is 0 Å². The predicted molar refractivity (Wildman–Crippen MR) is 71.2 cm³/mol. The first-order chi connectivity index (χ1) is 9.10. The number of benzene rings is 2. The van der Waals surface area contributed by atoms with E-state index >= 15 is 0 Å². The van der Waals surface area contributed by atoms with Gasteiger partial charge in [0, 0.05) is 11.4 Å². The van der Waals surface area contributed by atoms with E-state index in [1.807, 2.05) is 6.07 Å². The Labute approximate surface area is 115 Å². The first-order valence-electron chi connectivity index (χ1n) is 5.72. The summed E-state index contributed by atoms with van der Waals surface area (Å²) in [7, 11) is 0. The minimum atomic E-state index is -0.740. The smallest absolute Gasteiger partial charge is 0.124 e. The van der Waals surface area contributed by atoms with Gasteiger partial charge in [0.15, 0.2) is 0 Å². The second-order valence-electron chi connectivity index (χ2n) is 4.19. The van der Waals surface area contributed by atoms with Gasteiger partial charge in [0.05, 0.1) is 17.7 Å². The molecule has 0 saturated carbocycles. The highest BCUT2D eigenvalue weighted by molar-refractivity contribution is 6.31. The molecular weight excluding hydrogens is 265 g/mol. The molecule has 1 N–H and O–H groups in total. The standard InChI is InChI=1S/C15H11ClFNO/c16-14-8-13(17)6-5-12(14)7-15(19)11-3-1-10(9-18)2-4-11/h1-6,8,15,19H,7H2. The molecule has 96 valence electrons. The van der Waals surface area contributed by atoms with Crippen LogP contribution >= 0.6 is 11.6 Å². The Morgan fingerprint density at radius 2 is 1.89 bits per heavy atom. The summed E-state index contributed by atoms with van der Waals surface area (Å²) in [6.45, 7) is 0. The van der Waals surface area contributed by atoms with Crippen LogP contribution in [0, 0.1) is 17.1 Å². The summed E-state index contributed by atoms with van der Waals surface area (Å²) in [5.41, 5.74) is 1.91. The second kappa shape index (κ2) is 5.83. The van der Waals surface area contributed by atoms with E-state index < -0.39 is 11.9 Å². The number of aliphatic hydroxyl groups excluding tert-OH is 1. The molecule has 0 spiro atoms. The molecule has 0 aliphatic heterocycles. The van der Waals surface area contributed by atoms with E-state index in [1.54, 1.807) is 30.3 Å². The zero-order valence-electron chi connectivity index (χ0n) is 9.98. The highest BCUT2D eigenvalue weighted by Crippen LogP contribution is 2.24. The molecule has 0 saturated heterocycles. The zero-order chi connectivity index (χ0) is 13.8. The van der Waals surface area contributed by atoms with Gasteiger partial charge < -0.3 is 5.11 Å². The highest BCUT2D eigenvalue weighted by atomic mass is 35.5. The normalized spacial score (nSPS) is 11.9. The van der Waals surface area contributed by atoms with Crippen molar-refractivity contribution in [2.75, 3.05) is 0 Å². The fraction of sp³-hybridized carbons (Fsp3) is 0.133. The van der Waals surface area contributed by atoms with Gasteiger partial charge in [-0.05, 0) is 35.4 Å². The van der Waals surface area contributed by atoms with Crippen LogP contribution in [-0.4, -0.2) is 5.11 Å². The van der Waals surface area contributed by atoms with Crippen LogP contribution in [0.3, 0.4) is 0 Å². The Morgan fingerprint density at radius 1 is 1.21 bits per heavy atom. The topological polar surface area (TPSA) is 44.0 Å². The Balaban J connectivity index is 2.16. The van der Waals surface area contributed by atoms with E-state index in [0.29, 0.717) is 28.1 Å². The van der Waals surface area contributed by atoms with Gasteiger partial charge in [-0.15, -0.1) is 0 Å². The van der Waals surface area contributed by atoms with Crippen molar-refractivity contribution in [1.82, 2.24) is 0 Å². The zero-order valence-corrected chi connectivity index (χ0v) is 10.7. The van der Waals surface area contributed by atoms with Crippen molar-refractivity contribution < 1.29 is 9.50 Å². The Hall–Kier alpha value is -1.89. The van der Waals surface area contributed by atoms with Crippen LogP contribution in [0.25, 0.3) is 0 Å². The number of hydrogen-bond acceptors (Lipinski definition) is 2. The van der Waals surface area contributed by atoms with Crippen molar-refractivity contribution >= 4 is 11.6 Å². The molecule has 0 radical (unpaired) electrons. The van der Waals surface area contributed by atoms with Crippen molar-refractivity contribution in [2.24, 2.45) is 0 Å². The number of rotatable bonds is 3. The number of halogens is 2. The molecule has 0 bridgehead atoms. The van der Waals surface area contributed by atoms with Crippen molar-refractivity contribution in [3.63, 3.8) is 0 Å². The number of hydrogen-bond donors (Lipinski definition) is 1. The molecule has 0 amide bonds. The molecule has 0 heterocycles. The molecule has 2 aromatic rings. The molecule has 2 nitrogen and oxygen atoms in total. The minimum Gasteiger partial charge on any atom is -0.388 e. The van der Waals surface area contributed by atoms with Gasteiger partial charge >= 0.3 is 0 Å². The van der Waals surface area contributed by atoms with Crippen LogP contribution in [-0.2, 0) is 6.42 Å². The molecule has 2 aromatic carbocycles. The quantitative estimate of drug-likeness (QED) is 0.930. The Morgan fingerprint density at radius 3 is 2.47 bits per heavy atom. The maximum absolute atomic E-state index is 12.9. The lowest BCUT2D eigenvalue weighted by Gasteiger charge is -2.12. The predicted octanol–water partition coefficient (Wildman–Crippen LogP) is 3.63. The maximum Gasteiger partial charge on any atom is 0.124 e. The van der Waals surface area contributed by atoms with Crippen LogP contribution in [0.4, 0.5) is 4.39 Å². The first-order valence-corrected chi connectivity index (χ1v) is 6.10. The third-order valence-electron chi connectivity index (χ3n) is 2.85. The third kappa shape index (κ3) is 3.31. The van der Waals surface area contributed by atoms with Crippen LogP contribution < -0.4 is 0 Å². The summed E-state index contributed by atoms with van der Waals surface area (Å²) in [4.78, 5) is 0. The minimum absolute atomic E-state index is 0.297. The van der Waals surface area contributed by atoms with Gasteiger partial charge in [-0.1, -0.05) is 29.8 Å². The van der Waals surface area contributed by atoms with Gasteiger partial charge in [-0.25, -0.2) is 4.39 Å². The number of aliphatic hydroxyl groups is 1. The lowest BCUT2D eigenvalue weighted by Crippen LogP contribution is -2.02. The van der Waals surface area contributed by atoms with E-state index in [0.717, 1.165) is 0 Å². The molecule has 0 aliphatic carbocycles. The molecule has 0 fully saturated rings. The number of nitriles is 1. The molecule has 0 aromatic heterocycles.